The molecule has 0 fully saturated rings. The van der Waals surface area contributed by atoms with Gasteiger partial charge >= 0.3 is 0 Å². The van der Waals surface area contributed by atoms with Crippen LogP contribution >= 0.6 is 0 Å². The summed E-state index contributed by atoms with van der Waals surface area (Å²) in [6.45, 7) is 6.20. The predicted molar refractivity (Wildman–Crippen MR) is 78.9 cm³/mol. The molecule has 0 saturated heterocycles. The summed E-state index contributed by atoms with van der Waals surface area (Å²) in [6.07, 6.45) is 0. The average molecular weight is 275 g/mol. The highest BCUT2D eigenvalue weighted by molar-refractivity contribution is 5.47. The fourth-order valence-corrected chi connectivity index (χ4v) is 2.09. The van der Waals surface area contributed by atoms with Crippen LogP contribution in [0.3, 0.4) is 0 Å². The van der Waals surface area contributed by atoms with Crippen LogP contribution in [0.4, 0.5) is 14.5 Å². The van der Waals surface area contributed by atoms with Crippen molar-refractivity contribution in [2.75, 3.05) is 5.32 Å². The van der Waals surface area contributed by atoms with Gasteiger partial charge in [0.25, 0.3) is 0 Å². The van der Waals surface area contributed by atoms with Gasteiger partial charge in [0.2, 0.25) is 0 Å². The van der Waals surface area contributed by atoms with E-state index in [4.69, 9.17) is 0 Å². The third-order valence-corrected chi connectivity index (χ3v) is 3.40. The third-order valence-electron chi connectivity index (χ3n) is 3.40. The van der Waals surface area contributed by atoms with E-state index in [1.165, 1.54) is 11.6 Å². The molecule has 0 saturated carbocycles. The van der Waals surface area contributed by atoms with Crippen LogP contribution in [-0.4, -0.2) is 0 Å². The molecule has 0 heterocycles. The van der Waals surface area contributed by atoms with Crippen molar-refractivity contribution in [3.8, 4) is 0 Å². The molecule has 1 atom stereocenters. The largest absolute Gasteiger partial charge is 0.376 e. The third kappa shape index (κ3) is 3.35. The summed E-state index contributed by atoms with van der Waals surface area (Å²) in [7, 11) is 0. The molecule has 0 aromatic heterocycles. The smallest absolute Gasteiger partial charge is 0.146 e. The fraction of sp³-hybridized carbons (Fsp3) is 0.294. The first-order valence-corrected chi connectivity index (χ1v) is 6.79. The molecule has 1 unspecified atom stereocenters. The fourth-order valence-electron chi connectivity index (χ4n) is 2.09. The Morgan fingerprint density at radius 3 is 2.05 bits per heavy atom. The molecule has 3 heteroatoms. The van der Waals surface area contributed by atoms with Crippen molar-refractivity contribution in [3.63, 3.8) is 0 Å². The topological polar surface area (TPSA) is 12.0 Å². The van der Waals surface area contributed by atoms with Gasteiger partial charge in [-0.15, -0.1) is 0 Å². The Balaban J connectivity index is 2.15. The number of rotatable bonds is 4. The van der Waals surface area contributed by atoms with Crippen molar-refractivity contribution in [3.05, 3.63) is 65.2 Å². The monoisotopic (exact) mass is 275 g/mol. The molecule has 0 spiro atoms. The van der Waals surface area contributed by atoms with Gasteiger partial charge in [0.15, 0.2) is 0 Å². The Bertz CT molecular complexity index is 576. The molecular weight excluding hydrogens is 256 g/mol. The zero-order valence-corrected chi connectivity index (χ0v) is 12.0. The van der Waals surface area contributed by atoms with Gasteiger partial charge in [-0.1, -0.05) is 38.1 Å². The lowest BCUT2D eigenvalue weighted by Crippen LogP contribution is -2.08. The van der Waals surface area contributed by atoms with E-state index in [0.29, 0.717) is 5.92 Å². The molecule has 0 radical (unpaired) electrons. The number of hydrogen-bond donors (Lipinski definition) is 1. The molecule has 2 rings (SSSR count). The molecule has 0 aliphatic rings. The van der Waals surface area contributed by atoms with Crippen LogP contribution in [0.15, 0.2) is 42.5 Å². The van der Waals surface area contributed by atoms with Crippen LogP contribution in [-0.2, 0) is 0 Å². The van der Waals surface area contributed by atoms with Crippen LogP contribution in [0, 0.1) is 11.6 Å². The number of halogens is 2. The molecule has 1 N–H and O–H groups in total. The van der Waals surface area contributed by atoms with Crippen molar-refractivity contribution < 1.29 is 8.78 Å². The van der Waals surface area contributed by atoms with E-state index in [1.807, 2.05) is 19.1 Å². The summed E-state index contributed by atoms with van der Waals surface area (Å²) < 4.78 is 26.7. The second-order valence-corrected chi connectivity index (χ2v) is 5.31. The van der Waals surface area contributed by atoms with Gasteiger partial charge in [0, 0.05) is 6.04 Å². The highest BCUT2D eigenvalue weighted by Crippen LogP contribution is 2.24. The average Bonchev–Trinajstić information content (AvgIpc) is 2.43. The van der Waals surface area contributed by atoms with E-state index >= 15 is 0 Å². The van der Waals surface area contributed by atoms with E-state index in [-0.39, 0.29) is 11.7 Å². The van der Waals surface area contributed by atoms with E-state index < -0.39 is 11.6 Å². The van der Waals surface area contributed by atoms with Crippen molar-refractivity contribution >= 4 is 5.69 Å². The van der Waals surface area contributed by atoms with Gasteiger partial charge in [-0.25, -0.2) is 8.78 Å². The van der Waals surface area contributed by atoms with Gasteiger partial charge in [-0.2, -0.15) is 0 Å². The van der Waals surface area contributed by atoms with Gasteiger partial charge in [-0.3, -0.25) is 0 Å². The Morgan fingerprint density at radius 1 is 0.850 bits per heavy atom. The molecule has 2 aromatic carbocycles. The number of hydrogen-bond acceptors (Lipinski definition) is 1. The van der Waals surface area contributed by atoms with Gasteiger partial charge in [-0.05, 0) is 42.2 Å². The minimum Gasteiger partial charge on any atom is -0.376 e. The Hall–Kier alpha value is -1.90. The van der Waals surface area contributed by atoms with E-state index in [0.717, 1.165) is 17.7 Å². The van der Waals surface area contributed by atoms with Gasteiger partial charge in [0.05, 0.1) is 5.69 Å². The molecule has 0 aliphatic carbocycles. The van der Waals surface area contributed by atoms with Crippen LogP contribution in [0.5, 0.6) is 0 Å². The highest BCUT2D eigenvalue weighted by atomic mass is 19.1. The standard InChI is InChI=1S/C17H19F2N/c1-11(2)13-4-6-14(7-5-13)12(3)20-17-10-15(18)8-9-16(17)19/h4-12,20H,1-3H3. The van der Waals surface area contributed by atoms with E-state index in [9.17, 15) is 8.78 Å². The lowest BCUT2D eigenvalue weighted by Gasteiger charge is -2.17. The lowest BCUT2D eigenvalue weighted by molar-refractivity contribution is 0.600. The first-order chi connectivity index (χ1) is 9.47. The zero-order chi connectivity index (χ0) is 14.7. The normalized spacial score (nSPS) is 12.5. The molecule has 0 bridgehead atoms. The summed E-state index contributed by atoms with van der Waals surface area (Å²) >= 11 is 0. The minimum absolute atomic E-state index is 0.0903. The second-order valence-electron chi connectivity index (χ2n) is 5.31. The van der Waals surface area contributed by atoms with Crippen LogP contribution < -0.4 is 5.32 Å². The molecule has 1 nitrogen and oxygen atoms in total. The molecular formula is C17H19F2N. The van der Waals surface area contributed by atoms with Gasteiger partial charge < -0.3 is 5.32 Å². The second kappa shape index (κ2) is 6.04. The maximum absolute atomic E-state index is 13.6. The number of anilines is 1. The van der Waals surface area contributed by atoms with Crippen LogP contribution in [0.2, 0.25) is 0 Å². The van der Waals surface area contributed by atoms with Crippen LogP contribution in [0.25, 0.3) is 0 Å². The van der Waals surface area contributed by atoms with Crippen molar-refractivity contribution in [1.29, 1.82) is 0 Å². The van der Waals surface area contributed by atoms with Crippen molar-refractivity contribution in [2.24, 2.45) is 0 Å². The molecule has 106 valence electrons. The SMILES string of the molecule is CC(C)c1ccc(C(C)Nc2cc(F)ccc2F)cc1. The predicted octanol–water partition coefficient (Wildman–Crippen LogP) is 5.26. The molecule has 0 amide bonds. The van der Waals surface area contributed by atoms with Crippen LogP contribution in [0.1, 0.15) is 43.9 Å². The maximum Gasteiger partial charge on any atom is 0.146 e. The van der Waals surface area contributed by atoms with Crippen molar-refractivity contribution in [1.82, 2.24) is 0 Å². The Labute approximate surface area is 118 Å². The summed E-state index contributed by atoms with van der Waals surface area (Å²) in [5.41, 5.74) is 2.49. The summed E-state index contributed by atoms with van der Waals surface area (Å²) in [5.74, 6) is -0.415. The van der Waals surface area contributed by atoms with Gasteiger partial charge in [0.1, 0.15) is 11.6 Å². The highest BCUT2D eigenvalue weighted by Gasteiger charge is 2.10. The molecule has 2 aromatic rings. The maximum atomic E-state index is 13.6. The van der Waals surface area contributed by atoms with E-state index in [2.05, 4.69) is 31.3 Å². The Morgan fingerprint density at radius 2 is 1.45 bits per heavy atom. The summed E-state index contributed by atoms with van der Waals surface area (Å²) in [4.78, 5) is 0. The summed E-state index contributed by atoms with van der Waals surface area (Å²) in [5, 5.41) is 3.00. The number of benzene rings is 2. The van der Waals surface area contributed by atoms with E-state index in [1.54, 1.807) is 0 Å². The van der Waals surface area contributed by atoms with Crippen molar-refractivity contribution in [2.45, 2.75) is 32.7 Å². The first-order valence-electron chi connectivity index (χ1n) is 6.79. The molecule has 0 aliphatic heterocycles. The zero-order valence-electron chi connectivity index (χ0n) is 12.0. The quantitative estimate of drug-likeness (QED) is 0.802. The lowest BCUT2D eigenvalue weighted by atomic mass is 9.99. The first kappa shape index (κ1) is 14.5. The Kier molecular flexibility index (Phi) is 4.38. The summed E-state index contributed by atoms with van der Waals surface area (Å²) in [6, 6.07) is 11.5. The minimum atomic E-state index is -0.448. The molecule has 20 heavy (non-hydrogen) atoms. The number of nitrogens with one attached hydrogen (secondary N) is 1.